The Bertz CT molecular complexity index is 689. The van der Waals surface area contributed by atoms with Crippen molar-refractivity contribution in [3.8, 4) is 5.69 Å². The Kier molecular flexibility index (Phi) is 4.29. The first kappa shape index (κ1) is 14.5. The SMILES string of the molecule is C[C@H](NCc1cn(-c2ccccc2)nn1)[C@H](C)n1cccn1. The van der Waals surface area contributed by atoms with Crippen molar-refractivity contribution in [1.29, 1.82) is 0 Å². The summed E-state index contributed by atoms with van der Waals surface area (Å²) in [5, 5.41) is 16.1. The fourth-order valence-electron chi connectivity index (χ4n) is 2.27. The molecule has 1 aromatic carbocycles. The van der Waals surface area contributed by atoms with Crippen LogP contribution in [0.1, 0.15) is 25.6 Å². The first-order valence-electron chi connectivity index (χ1n) is 7.43. The van der Waals surface area contributed by atoms with Crippen molar-refractivity contribution in [2.75, 3.05) is 0 Å². The number of hydrogen-bond donors (Lipinski definition) is 1. The van der Waals surface area contributed by atoms with Crippen LogP contribution in [0.5, 0.6) is 0 Å². The van der Waals surface area contributed by atoms with Gasteiger partial charge in [-0.05, 0) is 32.0 Å². The van der Waals surface area contributed by atoms with E-state index < -0.39 is 0 Å². The summed E-state index contributed by atoms with van der Waals surface area (Å²) in [6.07, 6.45) is 5.73. The van der Waals surface area contributed by atoms with Crippen LogP contribution in [0.25, 0.3) is 5.69 Å². The molecule has 22 heavy (non-hydrogen) atoms. The Hall–Kier alpha value is -2.47. The molecule has 2 atom stereocenters. The van der Waals surface area contributed by atoms with Crippen LogP contribution in [0.2, 0.25) is 0 Å². The van der Waals surface area contributed by atoms with E-state index in [1.54, 1.807) is 10.9 Å². The molecule has 0 amide bonds. The van der Waals surface area contributed by atoms with Gasteiger partial charge in [-0.2, -0.15) is 5.10 Å². The van der Waals surface area contributed by atoms with Crippen molar-refractivity contribution in [3.05, 3.63) is 60.7 Å². The van der Waals surface area contributed by atoms with E-state index in [0.29, 0.717) is 6.54 Å². The quantitative estimate of drug-likeness (QED) is 0.757. The minimum atomic E-state index is 0.277. The van der Waals surface area contributed by atoms with Crippen molar-refractivity contribution in [2.24, 2.45) is 0 Å². The summed E-state index contributed by atoms with van der Waals surface area (Å²) in [7, 11) is 0. The van der Waals surface area contributed by atoms with Crippen LogP contribution >= 0.6 is 0 Å². The van der Waals surface area contributed by atoms with Crippen LogP contribution in [0, 0.1) is 0 Å². The number of nitrogens with one attached hydrogen (secondary N) is 1. The molecule has 0 unspecified atom stereocenters. The van der Waals surface area contributed by atoms with Gasteiger partial charge in [0, 0.05) is 25.0 Å². The highest BCUT2D eigenvalue weighted by Crippen LogP contribution is 2.10. The third kappa shape index (κ3) is 3.23. The van der Waals surface area contributed by atoms with Crippen molar-refractivity contribution >= 4 is 0 Å². The van der Waals surface area contributed by atoms with E-state index in [-0.39, 0.29) is 12.1 Å². The topological polar surface area (TPSA) is 60.6 Å². The second kappa shape index (κ2) is 6.53. The summed E-state index contributed by atoms with van der Waals surface area (Å²) < 4.78 is 3.75. The number of benzene rings is 1. The Balaban J connectivity index is 1.59. The summed E-state index contributed by atoms with van der Waals surface area (Å²) in [6.45, 7) is 4.97. The zero-order chi connectivity index (χ0) is 15.4. The van der Waals surface area contributed by atoms with E-state index in [1.165, 1.54) is 0 Å². The lowest BCUT2D eigenvalue weighted by Crippen LogP contribution is -2.33. The Labute approximate surface area is 129 Å². The number of para-hydroxylation sites is 1. The second-order valence-corrected chi connectivity index (χ2v) is 5.39. The molecular formula is C16H20N6. The molecule has 0 fully saturated rings. The van der Waals surface area contributed by atoms with Crippen molar-refractivity contribution < 1.29 is 0 Å². The molecule has 6 nitrogen and oxygen atoms in total. The van der Waals surface area contributed by atoms with E-state index in [4.69, 9.17) is 0 Å². The molecule has 0 bridgehead atoms. The molecule has 6 heteroatoms. The van der Waals surface area contributed by atoms with Gasteiger partial charge in [-0.1, -0.05) is 23.4 Å². The third-order valence-electron chi connectivity index (χ3n) is 3.83. The fourth-order valence-corrected chi connectivity index (χ4v) is 2.27. The Morgan fingerprint density at radius 1 is 1.14 bits per heavy atom. The zero-order valence-electron chi connectivity index (χ0n) is 12.8. The molecular weight excluding hydrogens is 276 g/mol. The van der Waals surface area contributed by atoms with Gasteiger partial charge in [-0.25, -0.2) is 4.68 Å². The van der Waals surface area contributed by atoms with E-state index in [2.05, 4.69) is 34.6 Å². The summed E-state index contributed by atoms with van der Waals surface area (Å²) in [5.74, 6) is 0. The largest absolute Gasteiger partial charge is 0.306 e. The standard InChI is InChI=1S/C16H20N6/c1-13(14(2)21-10-6-9-18-21)17-11-15-12-22(20-19-15)16-7-4-3-5-8-16/h3-10,12-14,17H,11H2,1-2H3/t13-,14-/m0/s1. The monoisotopic (exact) mass is 296 g/mol. The maximum Gasteiger partial charge on any atom is 0.0969 e. The molecule has 0 aliphatic heterocycles. The summed E-state index contributed by atoms with van der Waals surface area (Å²) in [6, 6.07) is 12.5. The molecule has 2 heterocycles. The van der Waals surface area contributed by atoms with E-state index >= 15 is 0 Å². The lowest BCUT2D eigenvalue weighted by Gasteiger charge is -2.21. The molecule has 1 N–H and O–H groups in total. The van der Waals surface area contributed by atoms with E-state index in [0.717, 1.165) is 11.4 Å². The van der Waals surface area contributed by atoms with Gasteiger partial charge in [0.25, 0.3) is 0 Å². The molecule has 0 aliphatic rings. The van der Waals surface area contributed by atoms with E-state index in [1.807, 2.05) is 53.5 Å². The molecule has 3 rings (SSSR count). The minimum absolute atomic E-state index is 0.277. The van der Waals surface area contributed by atoms with E-state index in [9.17, 15) is 0 Å². The van der Waals surface area contributed by atoms with Gasteiger partial charge in [0.15, 0.2) is 0 Å². The molecule has 114 valence electrons. The van der Waals surface area contributed by atoms with Crippen LogP contribution < -0.4 is 5.32 Å². The predicted molar refractivity (Wildman–Crippen MR) is 84.6 cm³/mol. The van der Waals surface area contributed by atoms with Crippen molar-refractivity contribution in [2.45, 2.75) is 32.5 Å². The summed E-state index contributed by atoms with van der Waals surface area (Å²) in [5.41, 5.74) is 1.93. The van der Waals surface area contributed by atoms with Crippen LogP contribution in [0.15, 0.2) is 55.0 Å². The lowest BCUT2D eigenvalue weighted by atomic mass is 10.1. The van der Waals surface area contributed by atoms with Gasteiger partial charge in [0.1, 0.15) is 0 Å². The first-order valence-corrected chi connectivity index (χ1v) is 7.43. The van der Waals surface area contributed by atoms with Crippen LogP contribution in [0.4, 0.5) is 0 Å². The predicted octanol–water partition coefficient (Wildman–Crippen LogP) is 2.20. The van der Waals surface area contributed by atoms with Crippen LogP contribution in [0.3, 0.4) is 0 Å². The Morgan fingerprint density at radius 2 is 1.95 bits per heavy atom. The molecule has 0 saturated heterocycles. The molecule has 0 aliphatic carbocycles. The smallest absolute Gasteiger partial charge is 0.0969 e. The summed E-state index contributed by atoms with van der Waals surface area (Å²) >= 11 is 0. The molecule has 0 radical (unpaired) electrons. The van der Waals surface area contributed by atoms with Gasteiger partial charge >= 0.3 is 0 Å². The average molecular weight is 296 g/mol. The molecule has 0 saturated carbocycles. The van der Waals surface area contributed by atoms with Crippen molar-refractivity contribution in [3.63, 3.8) is 0 Å². The van der Waals surface area contributed by atoms with Gasteiger partial charge < -0.3 is 5.32 Å². The number of aromatic nitrogens is 5. The van der Waals surface area contributed by atoms with Gasteiger partial charge in [-0.3, -0.25) is 4.68 Å². The second-order valence-electron chi connectivity index (χ2n) is 5.39. The lowest BCUT2D eigenvalue weighted by molar-refractivity contribution is 0.363. The van der Waals surface area contributed by atoms with Crippen LogP contribution in [-0.2, 0) is 6.54 Å². The number of rotatable bonds is 6. The maximum absolute atomic E-state index is 4.28. The van der Waals surface area contributed by atoms with Crippen molar-refractivity contribution in [1.82, 2.24) is 30.1 Å². The molecule has 0 spiro atoms. The Morgan fingerprint density at radius 3 is 2.68 bits per heavy atom. The molecule has 3 aromatic rings. The highest BCUT2D eigenvalue weighted by molar-refractivity contribution is 5.29. The average Bonchev–Trinajstić information content (AvgIpc) is 3.24. The molecule has 2 aromatic heterocycles. The maximum atomic E-state index is 4.28. The highest BCUT2D eigenvalue weighted by atomic mass is 15.4. The van der Waals surface area contributed by atoms with Gasteiger partial charge in [-0.15, -0.1) is 5.10 Å². The highest BCUT2D eigenvalue weighted by Gasteiger charge is 2.14. The normalized spacial score (nSPS) is 13.9. The van der Waals surface area contributed by atoms with Crippen LogP contribution in [-0.4, -0.2) is 30.8 Å². The first-order chi connectivity index (χ1) is 10.7. The van der Waals surface area contributed by atoms with Gasteiger partial charge in [0.2, 0.25) is 0 Å². The third-order valence-corrected chi connectivity index (χ3v) is 3.83. The number of nitrogens with zero attached hydrogens (tertiary/aromatic N) is 5. The minimum Gasteiger partial charge on any atom is -0.306 e. The number of hydrogen-bond acceptors (Lipinski definition) is 4. The van der Waals surface area contributed by atoms with Gasteiger partial charge in [0.05, 0.1) is 23.6 Å². The zero-order valence-corrected chi connectivity index (χ0v) is 12.8. The summed E-state index contributed by atoms with van der Waals surface area (Å²) in [4.78, 5) is 0. The fraction of sp³-hybridized carbons (Fsp3) is 0.312.